The molecule has 0 aliphatic carbocycles. The lowest BCUT2D eigenvalue weighted by atomic mass is 10.1. The number of hydrogen-bond donors (Lipinski definition) is 3. The molecule has 0 saturated heterocycles. The molecule has 0 radical (unpaired) electrons. The summed E-state index contributed by atoms with van der Waals surface area (Å²) >= 11 is 5.94. The fourth-order valence-electron chi connectivity index (χ4n) is 2.35. The first-order valence-electron chi connectivity index (χ1n) is 6.76. The summed E-state index contributed by atoms with van der Waals surface area (Å²) in [6.07, 6.45) is 5.13. The van der Waals surface area contributed by atoms with Gasteiger partial charge < -0.3 is 15.4 Å². The molecular weight excluding hydrogens is 302 g/mol. The highest BCUT2D eigenvalue weighted by Crippen LogP contribution is 2.23. The molecule has 0 unspecified atom stereocenters. The van der Waals surface area contributed by atoms with E-state index >= 15 is 0 Å². The number of aromatic nitrogens is 2. The fraction of sp³-hybridized carbons (Fsp3) is 0.125. The van der Waals surface area contributed by atoms with Crippen molar-refractivity contribution < 1.29 is 9.90 Å². The first kappa shape index (κ1) is 14.6. The van der Waals surface area contributed by atoms with Gasteiger partial charge in [-0.1, -0.05) is 17.7 Å². The molecule has 3 rings (SSSR count). The standard InChI is InChI=1S/C16H14ClN3O2/c17-12-1-2-13-11(7-19-14(13)6-12)5-16(22)20-15-8-18-4-3-10(15)9-21/h1-4,6-8,19,21H,5,9H2,(H,20,22). The number of aromatic amines is 1. The minimum absolute atomic E-state index is 0.149. The molecule has 2 aromatic heterocycles. The lowest BCUT2D eigenvalue weighted by Crippen LogP contribution is -2.15. The summed E-state index contributed by atoms with van der Waals surface area (Å²) in [7, 11) is 0. The number of rotatable bonds is 4. The van der Waals surface area contributed by atoms with Gasteiger partial charge in [-0.25, -0.2) is 0 Å². The largest absolute Gasteiger partial charge is 0.392 e. The SMILES string of the molecule is O=C(Cc1c[nH]c2cc(Cl)ccc12)Nc1cnccc1CO. The number of fused-ring (bicyclic) bond motifs is 1. The summed E-state index contributed by atoms with van der Waals surface area (Å²) in [6.45, 7) is -0.149. The third kappa shape index (κ3) is 2.95. The molecule has 1 aromatic carbocycles. The van der Waals surface area contributed by atoms with Crippen LogP contribution >= 0.6 is 11.6 Å². The molecular formula is C16H14ClN3O2. The molecule has 3 N–H and O–H groups in total. The van der Waals surface area contributed by atoms with Crippen molar-refractivity contribution in [1.29, 1.82) is 0 Å². The zero-order valence-electron chi connectivity index (χ0n) is 11.6. The van der Waals surface area contributed by atoms with Gasteiger partial charge in [-0.15, -0.1) is 0 Å². The van der Waals surface area contributed by atoms with Crippen LogP contribution in [0.3, 0.4) is 0 Å². The van der Waals surface area contributed by atoms with Crippen molar-refractivity contribution in [2.75, 3.05) is 5.32 Å². The van der Waals surface area contributed by atoms with E-state index < -0.39 is 0 Å². The van der Waals surface area contributed by atoms with Gasteiger partial charge >= 0.3 is 0 Å². The van der Waals surface area contributed by atoms with Crippen molar-refractivity contribution in [3.05, 3.63) is 59.0 Å². The van der Waals surface area contributed by atoms with Crippen LogP contribution in [0.25, 0.3) is 10.9 Å². The average molecular weight is 316 g/mol. The zero-order valence-corrected chi connectivity index (χ0v) is 12.4. The number of halogens is 1. The quantitative estimate of drug-likeness (QED) is 0.692. The van der Waals surface area contributed by atoms with Crippen molar-refractivity contribution in [3.8, 4) is 0 Å². The third-order valence-corrected chi connectivity index (χ3v) is 3.67. The number of nitrogens with zero attached hydrogens (tertiary/aromatic N) is 1. The number of benzene rings is 1. The zero-order chi connectivity index (χ0) is 15.5. The maximum atomic E-state index is 12.2. The summed E-state index contributed by atoms with van der Waals surface area (Å²) in [5, 5.41) is 13.6. The van der Waals surface area contributed by atoms with E-state index in [-0.39, 0.29) is 18.9 Å². The lowest BCUT2D eigenvalue weighted by Gasteiger charge is -2.08. The highest BCUT2D eigenvalue weighted by Gasteiger charge is 2.11. The first-order chi connectivity index (χ1) is 10.7. The van der Waals surface area contributed by atoms with Gasteiger partial charge in [0.15, 0.2) is 0 Å². The van der Waals surface area contributed by atoms with Gasteiger partial charge in [-0.2, -0.15) is 0 Å². The van der Waals surface area contributed by atoms with Crippen molar-refractivity contribution in [2.45, 2.75) is 13.0 Å². The van der Waals surface area contributed by atoms with Crippen LogP contribution < -0.4 is 5.32 Å². The first-order valence-corrected chi connectivity index (χ1v) is 7.14. The number of anilines is 1. The maximum absolute atomic E-state index is 12.2. The van der Waals surface area contributed by atoms with Crippen LogP contribution in [0.15, 0.2) is 42.9 Å². The Labute approximate surface area is 132 Å². The maximum Gasteiger partial charge on any atom is 0.228 e. The number of aliphatic hydroxyl groups is 1. The molecule has 22 heavy (non-hydrogen) atoms. The predicted molar refractivity (Wildman–Crippen MR) is 85.8 cm³/mol. The highest BCUT2D eigenvalue weighted by molar-refractivity contribution is 6.31. The summed E-state index contributed by atoms with van der Waals surface area (Å²) in [6, 6.07) is 7.18. The van der Waals surface area contributed by atoms with E-state index in [1.165, 1.54) is 6.20 Å². The number of pyridine rings is 1. The van der Waals surface area contributed by atoms with Gasteiger partial charge in [-0.3, -0.25) is 9.78 Å². The van der Waals surface area contributed by atoms with Gasteiger partial charge in [0.1, 0.15) is 0 Å². The van der Waals surface area contributed by atoms with Crippen molar-refractivity contribution in [3.63, 3.8) is 0 Å². The molecule has 1 amide bonds. The summed E-state index contributed by atoms with van der Waals surface area (Å²) < 4.78 is 0. The Morgan fingerprint density at radius 2 is 2.18 bits per heavy atom. The van der Waals surface area contributed by atoms with Crippen LogP contribution in [-0.4, -0.2) is 21.0 Å². The van der Waals surface area contributed by atoms with Crippen molar-refractivity contribution >= 4 is 34.1 Å². The molecule has 0 aliphatic heterocycles. The number of amides is 1. The van der Waals surface area contributed by atoms with Crippen LogP contribution in [-0.2, 0) is 17.8 Å². The van der Waals surface area contributed by atoms with Gasteiger partial charge in [0.25, 0.3) is 0 Å². The van der Waals surface area contributed by atoms with Gasteiger partial charge in [-0.05, 0) is 23.8 Å². The van der Waals surface area contributed by atoms with Crippen LogP contribution in [0.1, 0.15) is 11.1 Å². The Bertz CT molecular complexity index is 829. The fourth-order valence-corrected chi connectivity index (χ4v) is 2.52. The predicted octanol–water partition coefficient (Wildman–Crippen LogP) is 2.89. The van der Waals surface area contributed by atoms with E-state index in [1.54, 1.807) is 24.5 Å². The van der Waals surface area contributed by atoms with E-state index in [0.717, 1.165) is 16.5 Å². The molecule has 0 aliphatic rings. The van der Waals surface area contributed by atoms with Gasteiger partial charge in [0.05, 0.1) is 24.9 Å². The molecule has 2 heterocycles. The smallest absolute Gasteiger partial charge is 0.228 e. The lowest BCUT2D eigenvalue weighted by molar-refractivity contribution is -0.115. The average Bonchev–Trinajstić information content (AvgIpc) is 2.89. The van der Waals surface area contributed by atoms with E-state index in [0.29, 0.717) is 16.3 Å². The molecule has 0 bridgehead atoms. The normalized spacial score (nSPS) is 10.8. The van der Waals surface area contributed by atoms with Crippen molar-refractivity contribution in [2.24, 2.45) is 0 Å². The van der Waals surface area contributed by atoms with E-state index in [4.69, 9.17) is 11.6 Å². The second-order valence-electron chi connectivity index (χ2n) is 4.92. The molecule has 6 heteroatoms. The molecule has 0 spiro atoms. The summed E-state index contributed by atoms with van der Waals surface area (Å²) in [4.78, 5) is 19.3. The molecule has 0 atom stereocenters. The molecule has 0 saturated carbocycles. The van der Waals surface area contributed by atoms with E-state index in [1.807, 2.05) is 12.1 Å². The summed E-state index contributed by atoms with van der Waals surface area (Å²) in [5.41, 5.74) is 2.94. The Balaban J connectivity index is 1.78. The highest BCUT2D eigenvalue weighted by atomic mass is 35.5. The topological polar surface area (TPSA) is 78.0 Å². The van der Waals surface area contributed by atoms with Gasteiger partial charge in [0.2, 0.25) is 5.91 Å². The molecule has 3 aromatic rings. The van der Waals surface area contributed by atoms with Crippen molar-refractivity contribution in [1.82, 2.24) is 9.97 Å². The Hall–Kier alpha value is -2.37. The number of H-pyrrole nitrogens is 1. The molecule has 5 nitrogen and oxygen atoms in total. The number of hydrogen-bond acceptors (Lipinski definition) is 3. The number of carbonyl (C=O) groups excluding carboxylic acids is 1. The van der Waals surface area contributed by atoms with Gasteiger partial charge in [0, 0.05) is 33.9 Å². The summed E-state index contributed by atoms with van der Waals surface area (Å²) in [5.74, 6) is -0.168. The second-order valence-corrected chi connectivity index (χ2v) is 5.36. The number of aliphatic hydroxyl groups excluding tert-OH is 1. The number of carbonyl (C=O) groups is 1. The van der Waals surface area contributed by atoms with E-state index in [9.17, 15) is 9.90 Å². The molecule has 112 valence electrons. The Morgan fingerprint density at radius 3 is 3.00 bits per heavy atom. The van der Waals surface area contributed by atoms with Crippen LogP contribution in [0, 0.1) is 0 Å². The van der Waals surface area contributed by atoms with Crippen LogP contribution in [0.2, 0.25) is 5.02 Å². The second kappa shape index (κ2) is 6.17. The van der Waals surface area contributed by atoms with Crippen LogP contribution in [0.5, 0.6) is 0 Å². The minimum atomic E-state index is -0.168. The molecule has 0 fully saturated rings. The monoisotopic (exact) mass is 315 g/mol. The third-order valence-electron chi connectivity index (χ3n) is 3.44. The Morgan fingerprint density at radius 1 is 1.32 bits per heavy atom. The number of nitrogens with one attached hydrogen (secondary N) is 2. The minimum Gasteiger partial charge on any atom is -0.392 e. The Kier molecular flexibility index (Phi) is 4.09. The van der Waals surface area contributed by atoms with Crippen LogP contribution in [0.4, 0.5) is 5.69 Å². The van der Waals surface area contributed by atoms with E-state index in [2.05, 4.69) is 15.3 Å².